The molecule has 1 aliphatic heterocycles. The smallest absolute Gasteiger partial charge is 0.344 e. The highest BCUT2D eigenvalue weighted by Gasteiger charge is 2.32. The molecule has 9 heteroatoms. The molecule has 7 nitrogen and oxygen atoms in total. The summed E-state index contributed by atoms with van der Waals surface area (Å²) in [6.07, 6.45) is 0.797. The minimum absolute atomic E-state index is 0.121. The van der Waals surface area contributed by atoms with E-state index in [0.717, 1.165) is 11.3 Å². The molecular weight excluding hydrogens is 398 g/mol. The summed E-state index contributed by atoms with van der Waals surface area (Å²) in [6, 6.07) is 6.97. The Bertz CT molecular complexity index is 968. The van der Waals surface area contributed by atoms with Crippen LogP contribution in [0.25, 0.3) is 6.08 Å². The minimum Gasteiger partial charge on any atom is -0.479 e. The van der Waals surface area contributed by atoms with E-state index in [9.17, 15) is 9.59 Å². The molecule has 146 valence electrons. The Balaban J connectivity index is 1.85. The zero-order valence-corrected chi connectivity index (χ0v) is 17.2. The first-order valence-corrected chi connectivity index (χ1v) is 10.3. The molecule has 1 aromatic heterocycles. The van der Waals surface area contributed by atoms with Crippen LogP contribution < -0.4 is 4.74 Å². The molecule has 3 rings (SSSR count). The fraction of sp³-hybridized carbons (Fsp3) is 0.263. The van der Waals surface area contributed by atoms with E-state index in [0.29, 0.717) is 27.5 Å². The largest absolute Gasteiger partial charge is 0.479 e. The molecule has 2 heterocycles. The zero-order valence-electron chi connectivity index (χ0n) is 15.6. The third kappa shape index (κ3) is 4.60. The Morgan fingerprint density at radius 2 is 2.25 bits per heavy atom. The monoisotopic (exact) mass is 417 g/mol. The molecule has 0 spiro atoms. The summed E-state index contributed by atoms with van der Waals surface area (Å²) in [5.41, 5.74) is 1.64. The van der Waals surface area contributed by atoms with Crippen LogP contribution in [-0.4, -0.2) is 44.7 Å². The van der Waals surface area contributed by atoms with Gasteiger partial charge < -0.3 is 9.84 Å². The van der Waals surface area contributed by atoms with Gasteiger partial charge >= 0.3 is 5.97 Å². The van der Waals surface area contributed by atoms with Gasteiger partial charge in [0.1, 0.15) is 5.75 Å². The molecular formula is C19H19N3O4S2. The molecule has 1 saturated heterocycles. The number of aliphatic imine (C=N–C) groups is 1. The first-order chi connectivity index (χ1) is 13.4. The van der Waals surface area contributed by atoms with E-state index in [1.165, 1.54) is 30.0 Å². The van der Waals surface area contributed by atoms with Gasteiger partial charge in [-0.15, -0.1) is 11.3 Å². The fourth-order valence-corrected chi connectivity index (χ4v) is 4.19. The highest BCUT2D eigenvalue weighted by atomic mass is 32.2. The molecule has 2 aromatic rings. The number of aryl methyl sites for hydroxylation is 1. The molecule has 0 radical (unpaired) electrons. The zero-order chi connectivity index (χ0) is 20.3. The molecule has 1 N–H and O–H groups in total. The van der Waals surface area contributed by atoms with Crippen LogP contribution in [-0.2, 0) is 9.59 Å². The van der Waals surface area contributed by atoms with Crippen molar-refractivity contribution in [2.24, 2.45) is 4.99 Å². The SMILES string of the molecule is CCN1C(=O)/C(=C\c2cccc(OC(C)C(=O)O)c2)S/C1=N/c1nc(C)cs1. The molecule has 0 aliphatic carbocycles. The summed E-state index contributed by atoms with van der Waals surface area (Å²) in [5.74, 6) is -0.730. The van der Waals surface area contributed by atoms with E-state index in [-0.39, 0.29) is 5.91 Å². The number of likely N-dealkylation sites (N-methyl/N-ethyl adjacent to an activating group) is 1. The highest BCUT2D eigenvalue weighted by molar-refractivity contribution is 8.18. The molecule has 0 bridgehead atoms. The van der Waals surface area contributed by atoms with Gasteiger partial charge in [0, 0.05) is 11.9 Å². The van der Waals surface area contributed by atoms with E-state index in [1.54, 1.807) is 29.2 Å². The number of thioether (sulfide) groups is 1. The van der Waals surface area contributed by atoms with Gasteiger partial charge in [-0.05, 0) is 56.3 Å². The lowest BCUT2D eigenvalue weighted by atomic mass is 10.2. The molecule has 0 saturated carbocycles. The van der Waals surface area contributed by atoms with Gasteiger partial charge in [-0.3, -0.25) is 9.69 Å². The number of carbonyl (C=O) groups is 2. The van der Waals surface area contributed by atoms with Gasteiger partial charge in [-0.1, -0.05) is 12.1 Å². The first kappa shape index (κ1) is 20.1. The van der Waals surface area contributed by atoms with Crippen molar-refractivity contribution in [3.63, 3.8) is 0 Å². The number of carbonyl (C=O) groups excluding carboxylic acids is 1. The van der Waals surface area contributed by atoms with Gasteiger partial charge in [0.05, 0.1) is 10.6 Å². The Labute approximate surface area is 170 Å². The lowest BCUT2D eigenvalue weighted by molar-refractivity contribution is -0.144. The second-order valence-electron chi connectivity index (χ2n) is 6.00. The van der Waals surface area contributed by atoms with Crippen molar-refractivity contribution < 1.29 is 19.4 Å². The van der Waals surface area contributed by atoms with Gasteiger partial charge in [0.15, 0.2) is 11.3 Å². The van der Waals surface area contributed by atoms with Crippen LogP contribution in [0.15, 0.2) is 39.5 Å². The third-order valence-corrected chi connectivity index (χ3v) is 5.68. The minimum atomic E-state index is -1.04. The molecule has 1 fully saturated rings. The van der Waals surface area contributed by atoms with Crippen molar-refractivity contribution in [3.8, 4) is 5.75 Å². The maximum absolute atomic E-state index is 12.7. The quantitative estimate of drug-likeness (QED) is 0.716. The van der Waals surface area contributed by atoms with Gasteiger partial charge in [0.2, 0.25) is 5.13 Å². The summed E-state index contributed by atoms with van der Waals surface area (Å²) < 4.78 is 5.39. The summed E-state index contributed by atoms with van der Waals surface area (Å²) in [7, 11) is 0. The van der Waals surface area contributed by atoms with Crippen LogP contribution >= 0.6 is 23.1 Å². The molecule has 1 aromatic carbocycles. The summed E-state index contributed by atoms with van der Waals surface area (Å²) in [6.45, 7) is 5.76. The second kappa shape index (κ2) is 8.57. The molecule has 1 aliphatic rings. The Kier molecular flexibility index (Phi) is 6.15. The predicted octanol–water partition coefficient (Wildman–Crippen LogP) is 3.93. The standard InChI is InChI=1S/C19H19N3O4S2/c1-4-22-16(23)15(28-19(22)21-18-20-11(2)10-27-18)9-13-6-5-7-14(8-13)26-12(3)17(24)25/h5-10,12H,4H2,1-3H3,(H,24,25)/b15-9+,21-19+. The maximum atomic E-state index is 12.7. The van der Waals surface area contributed by atoms with Crippen LogP contribution in [0.1, 0.15) is 25.1 Å². The number of hydrogen-bond acceptors (Lipinski definition) is 7. The third-order valence-electron chi connectivity index (χ3n) is 3.82. The van der Waals surface area contributed by atoms with E-state index in [2.05, 4.69) is 9.98 Å². The van der Waals surface area contributed by atoms with E-state index in [4.69, 9.17) is 9.84 Å². The van der Waals surface area contributed by atoms with Crippen molar-refractivity contribution in [3.05, 3.63) is 45.8 Å². The van der Waals surface area contributed by atoms with Crippen LogP contribution in [0.5, 0.6) is 5.75 Å². The van der Waals surface area contributed by atoms with Crippen molar-refractivity contribution >= 4 is 51.4 Å². The van der Waals surface area contributed by atoms with Gasteiger partial charge in [-0.25, -0.2) is 9.78 Å². The lowest BCUT2D eigenvalue weighted by Crippen LogP contribution is -2.28. The van der Waals surface area contributed by atoms with Crippen molar-refractivity contribution in [1.29, 1.82) is 0 Å². The molecule has 1 unspecified atom stereocenters. The molecule has 1 atom stereocenters. The topological polar surface area (TPSA) is 92.1 Å². The number of carboxylic acids is 1. The van der Waals surface area contributed by atoms with Gasteiger partial charge in [-0.2, -0.15) is 4.99 Å². The first-order valence-electron chi connectivity index (χ1n) is 8.59. The maximum Gasteiger partial charge on any atom is 0.344 e. The summed E-state index contributed by atoms with van der Waals surface area (Å²) in [4.78, 5) is 34.7. The van der Waals surface area contributed by atoms with E-state index >= 15 is 0 Å². The average molecular weight is 418 g/mol. The lowest BCUT2D eigenvalue weighted by Gasteiger charge is -2.11. The van der Waals surface area contributed by atoms with Crippen LogP contribution in [0.2, 0.25) is 0 Å². The number of carboxylic acid groups (broad SMARTS) is 1. The highest BCUT2D eigenvalue weighted by Crippen LogP contribution is 2.34. The average Bonchev–Trinajstić information content (AvgIpc) is 3.18. The number of amidine groups is 1. The van der Waals surface area contributed by atoms with Gasteiger partial charge in [0.25, 0.3) is 5.91 Å². The van der Waals surface area contributed by atoms with Crippen LogP contribution in [0, 0.1) is 6.92 Å². The number of aliphatic carboxylic acids is 1. The number of hydrogen-bond donors (Lipinski definition) is 1. The molecule has 1 amide bonds. The number of rotatable bonds is 6. The number of thiazole rings is 1. The van der Waals surface area contributed by atoms with Crippen molar-refractivity contribution in [2.45, 2.75) is 26.9 Å². The van der Waals surface area contributed by atoms with E-state index < -0.39 is 12.1 Å². The normalized spacial score (nSPS) is 18.1. The number of amides is 1. The summed E-state index contributed by atoms with van der Waals surface area (Å²) in [5, 5.41) is 12.1. The van der Waals surface area contributed by atoms with Crippen molar-refractivity contribution in [1.82, 2.24) is 9.88 Å². The van der Waals surface area contributed by atoms with Crippen LogP contribution in [0.4, 0.5) is 5.13 Å². The van der Waals surface area contributed by atoms with Crippen molar-refractivity contribution in [2.75, 3.05) is 6.54 Å². The second-order valence-corrected chi connectivity index (χ2v) is 7.84. The number of ether oxygens (including phenoxy) is 1. The molecule has 28 heavy (non-hydrogen) atoms. The fourth-order valence-electron chi connectivity index (χ4n) is 2.43. The number of nitrogens with zero attached hydrogens (tertiary/aromatic N) is 3. The Morgan fingerprint density at radius 3 is 2.89 bits per heavy atom. The van der Waals surface area contributed by atoms with E-state index in [1.807, 2.05) is 25.3 Å². The predicted molar refractivity (Wildman–Crippen MR) is 111 cm³/mol. The number of benzene rings is 1. The number of aromatic nitrogens is 1. The Morgan fingerprint density at radius 1 is 1.46 bits per heavy atom. The van der Waals surface area contributed by atoms with Crippen LogP contribution in [0.3, 0.4) is 0 Å². The Hall–Kier alpha value is -2.65. The summed E-state index contributed by atoms with van der Waals surface area (Å²) >= 11 is 2.73.